The molecule has 52 heavy (non-hydrogen) atoms. The van der Waals surface area contributed by atoms with Gasteiger partial charge in [0.1, 0.15) is 39.9 Å². The molecule has 0 aromatic heterocycles. The van der Waals surface area contributed by atoms with Crippen LogP contribution in [0.25, 0.3) is 0 Å². The summed E-state index contributed by atoms with van der Waals surface area (Å²) in [5.41, 5.74) is -4.56. The van der Waals surface area contributed by atoms with E-state index in [1.54, 1.807) is 0 Å². The molecule has 13 heteroatoms. The quantitative estimate of drug-likeness (QED) is 0.159. The Labute approximate surface area is 296 Å². The number of rotatable bonds is 11. The van der Waals surface area contributed by atoms with Gasteiger partial charge in [-0.1, -0.05) is 31.2 Å². The minimum absolute atomic E-state index is 0.00782. The van der Waals surface area contributed by atoms with Gasteiger partial charge in [-0.05, 0) is 48.2 Å². The summed E-state index contributed by atoms with van der Waals surface area (Å²) in [6.45, 7) is 1.43. The van der Waals surface area contributed by atoms with Crippen molar-refractivity contribution in [3.63, 3.8) is 0 Å². The van der Waals surface area contributed by atoms with Crippen LogP contribution in [-0.4, -0.2) is 78.6 Å². The molecule has 4 aromatic rings. The molecule has 0 radical (unpaired) electrons. The number of hydrogen-bond donors (Lipinski definition) is 3. The van der Waals surface area contributed by atoms with Gasteiger partial charge in [0.15, 0.2) is 17.3 Å². The van der Waals surface area contributed by atoms with Crippen LogP contribution < -0.4 is 18.9 Å². The van der Waals surface area contributed by atoms with Gasteiger partial charge >= 0.3 is 5.97 Å². The largest absolute Gasteiger partial charge is 0.507 e. The third-order valence-corrected chi connectivity index (χ3v) is 9.72. The Bertz CT molecular complexity index is 2140. The van der Waals surface area contributed by atoms with Crippen molar-refractivity contribution >= 4 is 34.9 Å². The van der Waals surface area contributed by atoms with Gasteiger partial charge < -0.3 is 34.3 Å². The highest BCUT2D eigenvalue weighted by Crippen LogP contribution is 2.48. The van der Waals surface area contributed by atoms with Gasteiger partial charge in [0.25, 0.3) is 0 Å². The van der Waals surface area contributed by atoms with E-state index >= 15 is 0 Å². The number of methoxy groups -OCH3 is 4. The predicted octanol–water partition coefficient (Wildman–Crippen LogP) is 4.52. The van der Waals surface area contributed by atoms with Gasteiger partial charge in [0, 0.05) is 17.5 Å². The van der Waals surface area contributed by atoms with Crippen LogP contribution in [0.4, 0.5) is 0 Å². The van der Waals surface area contributed by atoms with E-state index in [9.17, 15) is 44.1 Å². The maximum atomic E-state index is 14.0. The summed E-state index contributed by atoms with van der Waals surface area (Å²) in [6.07, 6.45) is -1.83. The summed E-state index contributed by atoms with van der Waals surface area (Å²) in [5.74, 6) is -7.08. The van der Waals surface area contributed by atoms with Crippen molar-refractivity contribution in [3.8, 4) is 34.5 Å². The Morgan fingerprint density at radius 3 is 1.29 bits per heavy atom. The van der Waals surface area contributed by atoms with Crippen molar-refractivity contribution in [2.75, 3.05) is 28.4 Å². The molecule has 0 spiro atoms. The number of hydrogen-bond acceptors (Lipinski definition) is 12. The first kappa shape index (κ1) is 35.3. The smallest absolute Gasteiger partial charge is 0.317 e. The highest BCUT2D eigenvalue weighted by Gasteiger charge is 2.49. The molecular formula is C39H32O13. The second-order valence-corrected chi connectivity index (χ2v) is 12.3. The van der Waals surface area contributed by atoms with Crippen LogP contribution in [0.1, 0.15) is 88.2 Å². The first-order valence-electron chi connectivity index (χ1n) is 16.0. The highest BCUT2D eigenvalue weighted by molar-refractivity contribution is 6.32. The van der Waals surface area contributed by atoms with E-state index in [1.165, 1.54) is 83.9 Å². The third-order valence-electron chi connectivity index (χ3n) is 9.72. The van der Waals surface area contributed by atoms with Crippen LogP contribution in [0.3, 0.4) is 0 Å². The number of aliphatic carboxylic acids is 1. The standard InChI is InChI=1S/C39H32O13/c1-6-25(40)39(38(47)48,15-17-13-23(51-4)28-30(32(17)41)36(45)26-19(34(28)43)9-7-11-21(26)49-2)16-18-14-24(52-5)29-31(33(18)42)37(46)27-20(35(29)44)10-8-12-22(27)50-3/h7-14,41-42H,6,15-16H2,1-5H3,(H,47,48). The summed E-state index contributed by atoms with van der Waals surface area (Å²) >= 11 is 0. The maximum Gasteiger partial charge on any atom is 0.317 e. The van der Waals surface area contributed by atoms with E-state index in [2.05, 4.69) is 0 Å². The topological polar surface area (TPSA) is 200 Å². The molecule has 2 aliphatic carbocycles. The fraction of sp³-hybridized carbons (Fsp3) is 0.231. The summed E-state index contributed by atoms with van der Waals surface area (Å²) in [5, 5.41) is 34.1. The molecule has 266 valence electrons. The van der Waals surface area contributed by atoms with Crippen molar-refractivity contribution in [3.05, 3.63) is 104 Å². The van der Waals surface area contributed by atoms with Gasteiger partial charge in [-0.15, -0.1) is 0 Å². The number of phenolic OH excluding ortho intramolecular Hbond substituents is 2. The molecule has 0 saturated carbocycles. The zero-order valence-corrected chi connectivity index (χ0v) is 28.7. The van der Waals surface area contributed by atoms with Gasteiger partial charge in [-0.25, -0.2) is 0 Å². The van der Waals surface area contributed by atoms with Crippen LogP contribution in [0.5, 0.6) is 34.5 Å². The fourth-order valence-electron chi connectivity index (χ4n) is 7.17. The number of carboxylic acids is 1. The average molecular weight is 709 g/mol. The Morgan fingerprint density at radius 1 is 0.577 bits per heavy atom. The molecule has 0 unspecified atom stereocenters. The van der Waals surface area contributed by atoms with E-state index in [0.29, 0.717) is 0 Å². The molecule has 2 aliphatic rings. The lowest BCUT2D eigenvalue weighted by atomic mass is 9.70. The SMILES string of the molecule is CCC(=O)C(Cc1cc(OC)c2c(c1O)C(=O)c1c(OC)cccc1C2=O)(Cc1cc(OC)c2c(c1O)C(=O)c1c(OC)cccc1C2=O)C(=O)O. The first-order valence-corrected chi connectivity index (χ1v) is 16.0. The van der Waals surface area contributed by atoms with E-state index in [0.717, 1.165) is 0 Å². The monoisotopic (exact) mass is 708 g/mol. The maximum absolute atomic E-state index is 14.0. The number of ether oxygens (including phenoxy) is 4. The predicted molar refractivity (Wildman–Crippen MR) is 182 cm³/mol. The van der Waals surface area contributed by atoms with E-state index < -0.39 is 75.8 Å². The second-order valence-electron chi connectivity index (χ2n) is 12.3. The summed E-state index contributed by atoms with van der Waals surface area (Å²) < 4.78 is 21.6. The first-order chi connectivity index (χ1) is 24.8. The average Bonchev–Trinajstić information content (AvgIpc) is 3.15. The molecule has 0 aliphatic heterocycles. The zero-order valence-electron chi connectivity index (χ0n) is 28.7. The van der Waals surface area contributed by atoms with Gasteiger partial charge in [-0.3, -0.25) is 28.8 Å². The molecule has 0 amide bonds. The molecule has 4 aromatic carbocycles. The Morgan fingerprint density at radius 2 is 0.962 bits per heavy atom. The molecular weight excluding hydrogens is 676 g/mol. The van der Waals surface area contributed by atoms with E-state index in [1.807, 2.05) is 0 Å². The lowest BCUT2D eigenvalue weighted by Gasteiger charge is -2.31. The summed E-state index contributed by atoms with van der Waals surface area (Å²) in [7, 11) is 5.06. The molecule has 3 N–H and O–H groups in total. The molecule has 0 bridgehead atoms. The van der Waals surface area contributed by atoms with Crippen molar-refractivity contribution in [1.29, 1.82) is 0 Å². The van der Waals surface area contributed by atoms with Crippen LogP contribution >= 0.6 is 0 Å². The molecule has 13 nitrogen and oxygen atoms in total. The van der Waals surface area contributed by atoms with Crippen molar-refractivity contribution in [1.82, 2.24) is 0 Å². The number of carboxylic acid groups (broad SMARTS) is 1. The molecule has 0 fully saturated rings. The van der Waals surface area contributed by atoms with Gasteiger partial charge in [-0.2, -0.15) is 0 Å². The molecule has 0 saturated heterocycles. The number of aromatic hydroxyl groups is 2. The molecule has 6 rings (SSSR count). The van der Waals surface area contributed by atoms with Gasteiger partial charge in [0.05, 0.1) is 61.8 Å². The second kappa shape index (κ2) is 13.0. The lowest BCUT2D eigenvalue weighted by molar-refractivity contribution is -0.155. The van der Waals surface area contributed by atoms with E-state index in [-0.39, 0.29) is 73.9 Å². The Balaban J connectivity index is 1.54. The van der Waals surface area contributed by atoms with Gasteiger partial charge in [0.2, 0.25) is 11.6 Å². The fourth-order valence-corrected chi connectivity index (χ4v) is 7.17. The summed E-state index contributed by atoms with van der Waals surface area (Å²) in [6, 6.07) is 11.2. The Kier molecular flexibility index (Phi) is 8.83. The van der Waals surface area contributed by atoms with Crippen LogP contribution in [0.2, 0.25) is 0 Å². The number of carbonyl (C=O) groups is 6. The lowest BCUT2D eigenvalue weighted by Crippen LogP contribution is -2.43. The van der Waals surface area contributed by atoms with Crippen molar-refractivity contribution < 1.29 is 63.0 Å². The zero-order chi connectivity index (χ0) is 37.8. The number of carbonyl (C=O) groups excluding carboxylic acids is 5. The Hall–Kier alpha value is -6.50. The highest BCUT2D eigenvalue weighted by atomic mass is 16.5. The number of Topliss-reactive ketones (excluding diaryl/α,β-unsaturated/α-hetero) is 1. The normalized spacial score (nSPS) is 13.1. The van der Waals surface area contributed by atoms with Crippen molar-refractivity contribution in [2.45, 2.75) is 26.2 Å². The molecule has 0 heterocycles. The third kappa shape index (κ3) is 4.99. The van der Waals surface area contributed by atoms with Crippen LogP contribution in [-0.2, 0) is 22.4 Å². The number of fused-ring (bicyclic) bond motifs is 4. The van der Waals surface area contributed by atoms with Crippen LogP contribution in [0, 0.1) is 5.41 Å². The minimum atomic E-state index is -2.45. The minimum Gasteiger partial charge on any atom is -0.507 e. The number of ketones is 5. The number of phenols is 2. The number of benzene rings is 4. The van der Waals surface area contributed by atoms with E-state index in [4.69, 9.17) is 18.9 Å². The molecule has 0 atom stereocenters. The summed E-state index contributed by atoms with van der Waals surface area (Å²) in [4.78, 5) is 82.5. The van der Waals surface area contributed by atoms with Crippen molar-refractivity contribution in [2.24, 2.45) is 5.41 Å². The van der Waals surface area contributed by atoms with Crippen LogP contribution in [0.15, 0.2) is 48.5 Å².